The standard InChI is InChI=1S/C33H47NO3/c1-6-34(7-2)21-23-8-13-30(31(19-23)36-5)37-17-15-25-9-12-29-32-22(3)18-24-20-26(35)10-11-27(24)28(32)14-16-33(25,29)4/h8,10-11,13,19-20,22,25,28-29,32,35H,6-7,9,12,14-18,21H2,1-5H3/t22?,25-,28?,29?,32?,33-/m1/s1. The minimum Gasteiger partial charge on any atom is -0.508 e. The summed E-state index contributed by atoms with van der Waals surface area (Å²) in [5.41, 5.74) is 4.59. The number of hydrogen-bond donors (Lipinski definition) is 1. The lowest BCUT2D eigenvalue weighted by atomic mass is 9.51. The van der Waals surface area contributed by atoms with Crippen molar-refractivity contribution < 1.29 is 14.6 Å². The second-order valence-corrected chi connectivity index (χ2v) is 12.3. The Hall–Kier alpha value is -2.20. The molecule has 0 aromatic heterocycles. The number of fused-ring (bicyclic) bond motifs is 5. The van der Waals surface area contributed by atoms with Gasteiger partial charge in [-0.25, -0.2) is 0 Å². The molecule has 4 heteroatoms. The third-order valence-corrected chi connectivity index (χ3v) is 10.5. The van der Waals surface area contributed by atoms with E-state index in [1.807, 2.05) is 12.1 Å². The van der Waals surface area contributed by atoms with Crippen molar-refractivity contribution in [1.29, 1.82) is 0 Å². The van der Waals surface area contributed by atoms with E-state index in [0.717, 1.165) is 68.3 Å². The third kappa shape index (κ3) is 4.99. The number of ether oxygens (including phenoxy) is 2. The van der Waals surface area contributed by atoms with Crippen LogP contribution in [0.5, 0.6) is 17.2 Å². The maximum atomic E-state index is 10.0. The Labute approximate surface area is 224 Å². The second kappa shape index (κ2) is 10.9. The zero-order valence-corrected chi connectivity index (χ0v) is 23.6. The van der Waals surface area contributed by atoms with Crippen LogP contribution in [-0.2, 0) is 13.0 Å². The molecule has 4 nitrogen and oxygen atoms in total. The number of phenolic OH excluding ortho intramolecular Hbond substituents is 1. The monoisotopic (exact) mass is 505 g/mol. The highest BCUT2D eigenvalue weighted by atomic mass is 16.5. The summed E-state index contributed by atoms with van der Waals surface area (Å²) in [6, 6.07) is 12.6. The molecule has 0 amide bonds. The highest BCUT2D eigenvalue weighted by Gasteiger charge is 2.55. The van der Waals surface area contributed by atoms with Crippen molar-refractivity contribution in [2.24, 2.45) is 29.1 Å². The third-order valence-electron chi connectivity index (χ3n) is 10.5. The molecule has 0 aliphatic heterocycles. The molecule has 202 valence electrons. The zero-order chi connectivity index (χ0) is 26.2. The molecule has 4 unspecified atom stereocenters. The molecule has 1 N–H and O–H groups in total. The van der Waals surface area contributed by atoms with Crippen LogP contribution in [0.4, 0.5) is 0 Å². The quantitative estimate of drug-likeness (QED) is 0.385. The van der Waals surface area contributed by atoms with Crippen molar-refractivity contribution in [3.8, 4) is 17.2 Å². The molecule has 0 heterocycles. The summed E-state index contributed by atoms with van der Waals surface area (Å²) in [4.78, 5) is 2.41. The summed E-state index contributed by atoms with van der Waals surface area (Å²) in [5.74, 6) is 5.75. The lowest BCUT2D eigenvalue weighted by Crippen LogP contribution is -2.45. The molecule has 0 spiro atoms. The molecule has 2 aromatic rings. The molecule has 3 aliphatic rings. The van der Waals surface area contributed by atoms with Crippen molar-refractivity contribution in [1.82, 2.24) is 4.90 Å². The van der Waals surface area contributed by atoms with Gasteiger partial charge in [0, 0.05) is 6.54 Å². The van der Waals surface area contributed by atoms with Crippen LogP contribution in [0.15, 0.2) is 36.4 Å². The van der Waals surface area contributed by atoms with Gasteiger partial charge >= 0.3 is 0 Å². The summed E-state index contributed by atoms with van der Waals surface area (Å²) < 4.78 is 12.1. The Morgan fingerprint density at radius 1 is 1.03 bits per heavy atom. The predicted molar refractivity (Wildman–Crippen MR) is 150 cm³/mol. The van der Waals surface area contributed by atoms with E-state index in [4.69, 9.17) is 9.47 Å². The lowest BCUT2D eigenvalue weighted by Gasteiger charge is -2.53. The van der Waals surface area contributed by atoms with Gasteiger partial charge in [-0.3, -0.25) is 4.90 Å². The molecule has 0 bridgehead atoms. The minimum atomic E-state index is 0.408. The fourth-order valence-corrected chi connectivity index (χ4v) is 8.49. The zero-order valence-electron chi connectivity index (χ0n) is 23.6. The molecule has 5 rings (SSSR count). The van der Waals surface area contributed by atoms with Gasteiger partial charge in [-0.2, -0.15) is 0 Å². The molecule has 37 heavy (non-hydrogen) atoms. The highest BCUT2D eigenvalue weighted by Crippen LogP contribution is 2.64. The van der Waals surface area contributed by atoms with Crippen LogP contribution in [0.2, 0.25) is 0 Å². The number of aromatic hydroxyl groups is 1. The van der Waals surface area contributed by atoms with Gasteiger partial charge in [0.15, 0.2) is 11.5 Å². The summed E-state index contributed by atoms with van der Waals surface area (Å²) in [6.07, 6.45) is 7.48. The first-order valence-electron chi connectivity index (χ1n) is 14.7. The van der Waals surface area contributed by atoms with Crippen LogP contribution in [0.1, 0.15) is 82.4 Å². The summed E-state index contributed by atoms with van der Waals surface area (Å²) >= 11 is 0. The van der Waals surface area contributed by atoms with E-state index in [2.05, 4.69) is 56.9 Å². The largest absolute Gasteiger partial charge is 0.508 e. The number of hydrogen-bond acceptors (Lipinski definition) is 4. The first-order chi connectivity index (χ1) is 17.9. The minimum absolute atomic E-state index is 0.408. The van der Waals surface area contributed by atoms with E-state index >= 15 is 0 Å². The Morgan fingerprint density at radius 2 is 1.84 bits per heavy atom. The fraction of sp³-hybridized carbons (Fsp3) is 0.636. The Kier molecular flexibility index (Phi) is 7.77. The van der Waals surface area contributed by atoms with Crippen molar-refractivity contribution >= 4 is 0 Å². The van der Waals surface area contributed by atoms with E-state index in [-0.39, 0.29) is 0 Å². The number of benzene rings is 2. The highest BCUT2D eigenvalue weighted by molar-refractivity contribution is 5.43. The fourth-order valence-electron chi connectivity index (χ4n) is 8.49. The number of methoxy groups -OCH3 is 1. The van der Waals surface area contributed by atoms with Gasteiger partial charge in [0.1, 0.15) is 5.75 Å². The van der Waals surface area contributed by atoms with E-state index < -0.39 is 0 Å². The SMILES string of the molecule is CCN(CC)Cc1ccc(OCC[C@H]2CCC3C4C(C)Cc5cc(O)ccc5C4CC[C@@]32C)c(OC)c1. The van der Waals surface area contributed by atoms with E-state index in [1.165, 1.54) is 42.4 Å². The smallest absolute Gasteiger partial charge is 0.161 e. The van der Waals surface area contributed by atoms with Crippen LogP contribution >= 0.6 is 0 Å². The van der Waals surface area contributed by atoms with Gasteiger partial charge < -0.3 is 14.6 Å². The van der Waals surface area contributed by atoms with Crippen LogP contribution in [0, 0.1) is 29.1 Å². The van der Waals surface area contributed by atoms with Crippen molar-refractivity contribution in [2.75, 3.05) is 26.8 Å². The predicted octanol–water partition coefficient (Wildman–Crippen LogP) is 7.43. The van der Waals surface area contributed by atoms with Crippen molar-refractivity contribution in [3.63, 3.8) is 0 Å². The van der Waals surface area contributed by atoms with Gasteiger partial charge in [0.25, 0.3) is 0 Å². The molecule has 2 saturated carbocycles. The van der Waals surface area contributed by atoms with E-state index in [9.17, 15) is 5.11 Å². The summed E-state index contributed by atoms with van der Waals surface area (Å²) in [5, 5.41) is 10.0. The average Bonchev–Trinajstić information content (AvgIpc) is 3.23. The van der Waals surface area contributed by atoms with Gasteiger partial charge in [-0.1, -0.05) is 39.8 Å². The molecule has 2 aromatic carbocycles. The first-order valence-corrected chi connectivity index (χ1v) is 14.7. The molecule has 0 saturated heterocycles. The van der Waals surface area contributed by atoms with Crippen LogP contribution in [0.3, 0.4) is 0 Å². The Balaban J connectivity index is 1.23. The summed E-state index contributed by atoms with van der Waals surface area (Å²) in [6.45, 7) is 13.3. The maximum absolute atomic E-state index is 10.0. The Bertz CT molecular complexity index is 1080. The van der Waals surface area contributed by atoms with Crippen LogP contribution in [-0.4, -0.2) is 36.8 Å². The Morgan fingerprint density at radius 3 is 2.59 bits per heavy atom. The van der Waals surface area contributed by atoms with E-state index in [1.54, 1.807) is 7.11 Å². The van der Waals surface area contributed by atoms with Crippen molar-refractivity contribution in [3.05, 3.63) is 53.1 Å². The number of rotatable bonds is 9. The molecule has 2 fully saturated rings. The molecular formula is C33H47NO3. The first kappa shape index (κ1) is 26.4. The van der Waals surface area contributed by atoms with Crippen LogP contribution in [0.25, 0.3) is 0 Å². The van der Waals surface area contributed by atoms with Crippen molar-refractivity contribution in [2.45, 2.75) is 78.7 Å². The summed E-state index contributed by atoms with van der Waals surface area (Å²) in [7, 11) is 1.75. The molecule has 6 atom stereocenters. The molecule has 3 aliphatic carbocycles. The van der Waals surface area contributed by atoms with Gasteiger partial charge in [-0.05, 0) is 128 Å². The topological polar surface area (TPSA) is 41.9 Å². The van der Waals surface area contributed by atoms with Gasteiger partial charge in [0.05, 0.1) is 13.7 Å². The van der Waals surface area contributed by atoms with E-state index in [0.29, 0.717) is 23.0 Å². The maximum Gasteiger partial charge on any atom is 0.161 e. The number of phenols is 1. The average molecular weight is 506 g/mol. The molecular weight excluding hydrogens is 458 g/mol. The van der Waals surface area contributed by atoms with Gasteiger partial charge in [0.2, 0.25) is 0 Å². The van der Waals surface area contributed by atoms with Gasteiger partial charge in [-0.15, -0.1) is 0 Å². The second-order valence-electron chi connectivity index (χ2n) is 12.3. The normalized spacial score (nSPS) is 30.5. The number of nitrogens with zero attached hydrogens (tertiary/aromatic N) is 1. The lowest BCUT2D eigenvalue weighted by molar-refractivity contribution is 0.000862. The van der Waals surface area contributed by atoms with Crippen LogP contribution < -0.4 is 9.47 Å². The molecule has 0 radical (unpaired) electrons.